The van der Waals surface area contributed by atoms with Crippen LogP contribution in [0.5, 0.6) is 0 Å². The fourth-order valence-electron chi connectivity index (χ4n) is 2.58. The Morgan fingerprint density at radius 1 is 1.26 bits per heavy atom. The molecule has 1 aromatic carbocycles. The van der Waals surface area contributed by atoms with E-state index < -0.39 is 20.7 Å². The number of hydrogen-bond acceptors (Lipinski definition) is 6. The Morgan fingerprint density at radius 2 is 2.04 bits per heavy atom. The lowest BCUT2D eigenvalue weighted by atomic mass is 10.3. The maximum absolute atomic E-state index is 14.2. The summed E-state index contributed by atoms with van der Waals surface area (Å²) in [5, 5.41) is 7.52. The molecule has 0 spiro atoms. The molecule has 0 aliphatic carbocycles. The Hall–Kier alpha value is -2.01. The van der Waals surface area contributed by atoms with Gasteiger partial charge in [0.15, 0.2) is 0 Å². The van der Waals surface area contributed by atoms with E-state index in [1.54, 1.807) is 11.3 Å². The van der Waals surface area contributed by atoms with Gasteiger partial charge in [-0.2, -0.15) is 4.31 Å². The molecule has 0 saturated carbocycles. The van der Waals surface area contributed by atoms with Crippen molar-refractivity contribution in [3.8, 4) is 0 Å². The first-order valence-corrected chi connectivity index (χ1v) is 10.7. The van der Waals surface area contributed by atoms with Gasteiger partial charge >= 0.3 is 0 Å². The van der Waals surface area contributed by atoms with Crippen molar-refractivity contribution < 1.29 is 22.3 Å². The van der Waals surface area contributed by atoms with Crippen molar-refractivity contribution in [3.63, 3.8) is 0 Å². The van der Waals surface area contributed by atoms with Crippen LogP contribution in [0.1, 0.15) is 4.88 Å². The van der Waals surface area contributed by atoms with Crippen LogP contribution in [-0.2, 0) is 26.1 Å². The Kier molecular flexibility index (Phi) is 6.42. The van der Waals surface area contributed by atoms with Gasteiger partial charge in [0, 0.05) is 23.7 Å². The summed E-state index contributed by atoms with van der Waals surface area (Å²) in [6.45, 7) is 1.31. The van der Waals surface area contributed by atoms with Crippen LogP contribution in [0.25, 0.3) is 0 Å². The molecule has 27 heavy (non-hydrogen) atoms. The summed E-state index contributed by atoms with van der Waals surface area (Å²) in [7, 11) is -3.95. The van der Waals surface area contributed by atoms with Crippen LogP contribution < -0.4 is 10.6 Å². The predicted octanol–water partition coefficient (Wildman–Crippen LogP) is 1.64. The van der Waals surface area contributed by atoms with Crippen LogP contribution in [-0.4, -0.2) is 51.5 Å². The average molecular weight is 413 g/mol. The van der Waals surface area contributed by atoms with E-state index in [9.17, 15) is 17.6 Å². The standard InChI is InChI=1S/C17H20FN3O4S2/c18-15-4-3-13(19-12-17(22)20-11-14-2-1-9-26-14)10-16(15)27(23,24)21-5-7-25-8-6-21/h1-4,9-10,19H,5-8,11-12H2,(H,20,22). The van der Waals surface area contributed by atoms with Crippen LogP contribution >= 0.6 is 11.3 Å². The molecule has 0 unspecified atom stereocenters. The molecule has 2 aromatic rings. The number of thiophene rings is 1. The molecule has 0 atom stereocenters. The van der Waals surface area contributed by atoms with E-state index in [2.05, 4.69) is 10.6 Å². The predicted molar refractivity (Wildman–Crippen MR) is 101 cm³/mol. The maximum atomic E-state index is 14.2. The van der Waals surface area contributed by atoms with Crippen molar-refractivity contribution in [2.45, 2.75) is 11.4 Å². The molecular weight excluding hydrogens is 393 g/mol. The molecule has 10 heteroatoms. The summed E-state index contributed by atoms with van der Waals surface area (Å²) in [6, 6.07) is 7.52. The third-order valence-corrected chi connectivity index (χ3v) is 6.80. The lowest BCUT2D eigenvalue weighted by molar-refractivity contribution is -0.119. The summed E-state index contributed by atoms with van der Waals surface area (Å²) < 4.78 is 45.8. The molecule has 0 radical (unpaired) electrons. The summed E-state index contributed by atoms with van der Waals surface area (Å²) in [5.74, 6) is -1.07. The zero-order valence-corrected chi connectivity index (χ0v) is 16.1. The minimum atomic E-state index is -3.95. The van der Waals surface area contributed by atoms with Gasteiger partial charge in [-0.05, 0) is 29.6 Å². The number of sulfonamides is 1. The highest BCUT2D eigenvalue weighted by atomic mass is 32.2. The Balaban J connectivity index is 1.63. The topological polar surface area (TPSA) is 87.7 Å². The molecule has 1 aliphatic heterocycles. The highest BCUT2D eigenvalue weighted by Crippen LogP contribution is 2.23. The fourth-order valence-corrected chi connectivity index (χ4v) is 4.72. The molecule has 146 valence electrons. The summed E-state index contributed by atoms with van der Waals surface area (Å²) >= 11 is 1.54. The first kappa shape index (κ1) is 19.7. The Labute approximate surface area is 161 Å². The quantitative estimate of drug-likeness (QED) is 0.721. The summed E-state index contributed by atoms with van der Waals surface area (Å²) in [6.07, 6.45) is 0. The van der Waals surface area contributed by atoms with Crippen LogP contribution in [0, 0.1) is 5.82 Å². The highest BCUT2D eigenvalue weighted by Gasteiger charge is 2.29. The Morgan fingerprint density at radius 3 is 2.74 bits per heavy atom. The van der Waals surface area contributed by atoms with Gasteiger partial charge in [0.05, 0.1) is 26.3 Å². The normalized spacial score (nSPS) is 15.4. The minimum absolute atomic E-state index is 0.0476. The molecular formula is C17H20FN3O4S2. The highest BCUT2D eigenvalue weighted by molar-refractivity contribution is 7.89. The zero-order valence-electron chi connectivity index (χ0n) is 14.5. The van der Waals surface area contributed by atoms with Gasteiger partial charge in [0.2, 0.25) is 15.9 Å². The Bertz CT molecular complexity index is 882. The van der Waals surface area contributed by atoms with Crippen LogP contribution in [0.3, 0.4) is 0 Å². The van der Waals surface area contributed by atoms with E-state index >= 15 is 0 Å². The molecule has 1 fully saturated rings. The number of ether oxygens (including phenoxy) is 1. The lowest BCUT2D eigenvalue weighted by Crippen LogP contribution is -2.40. The van der Waals surface area contributed by atoms with Gasteiger partial charge < -0.3 is 15.4 Å². The fraction of sp³-hybridized carbons (Fsp3) is 0.353. The molecule has 1 amide bonds. The molecule has 1 saturated heterocycles. The van der Waals surface area contributed by atoms with Gasteiger partial charge in [0.1, 0.15) is 10.7 Å². The molecule has 2 heterocycles. The van der Waals surface area contributed by atoms with E-state index in [1.165, 1.54) is 16.4 Å². The molecule has 0 bridgehead atoms. The number of anilines is 1. The number of carbonyl (C=O) groups excluding carboxylic acids is 1. The van der Waals surface area contributed by atoms with Gasteiger partial charge in [-0.15, -0.1) is 11.3 Å². The first-order chi connectivity index (χ1) is 13.0. The van der Waals surface area contributed by atoms with E-state index in [4.69, 9.17) is 4.74 Å². The lowest BCUT2D eigenvalue weighted by Gasteiger charge is -2.26. The number of morpholine rings is 1. The number of carbonyl (C=O) groups is 1. The number of rotatable bonds is 7. The SMILES string of the molecule is O=C(CNc1ccc(F)c(S(=O)(=O)N2CCOCC2)c1)NCc1cccs1. The third-order valence-electron chi connectivity index (χ3n) is 4.01. The van der Waals surface area contributed by atoms with E-state index in [0.29, 0.717) is 12.2 Å². The molecule has 1 aliphatic rings. The molecule has 3 rings (SSSR count). The van der Waals surface area contributed by atoms with Crippen molar-refractivity contribution in [1.82, 2.24) is 9.62 Å². The van der Waals surface area contributed by atoms with Crippen molar-refractivity contribution in [3.05, 3.63) is 46.4 Å². The molecule has 2 N–H and O–H groups in total. The van der Waals surface area contributed by atoms with E-state index in [-0.39, 0.29) is 38.8 Å². The van der Waals surface area contributed by atoms with E-state index in [0.717, 1.165) is 10.9 Å². The third kappa shape index (κ3) is 5.04. The van der Waals surface area contributed by atoms with Gasteiger partial charge in [-0.1, -0.05) is 6.07 Å². The van der Waals surface area contributed by atoms with Gasteiger partial charge in [-0.3, -0.25) is 4.79 Å². The second-order valence-corrected chi connectivity index (χ2v) is 8.81. The largest absolute Gasteiger partial charge is 0.379 e. The van der Waals surface area contributed by atoms with Crippen LogP contribution in [0.2, 0.25) is 0 Å². The number of hydrogen-bond donors (Lipinski definition) is 2. The second kappa shape index (κ2) is 8.79. The van der Waals surface area contributed by atoms with Crippen LogP contribution in [0.4, 0.5) is 10.1 Å². The number of halogens is 1. The minimum Gasteiger partial charge on any atom is -0.379 e. The summed E-state index contributed by atoms with van der Waals surface area (Å²) in [4.78, 5) is 12.5. The molecule has 1 aromatic heterocycles. The second-order valence-electron chi connectivity index (χ2n) is 5.87. The number of benzene rings is 1. The van der Waals surface area contributed by atoms with Gasteiger partial charge in [-0.25, -0.2) is 12.8 Å². The van der Waals surface area contributed by atoms with Crippen LogP contribution in [0.15, 0.2) is 40.6 Å². The monoisotopic (exact) mass is 413 g/mol. The number of amides is 1. The average Bonchev–Trinajstić information content (AvgIpc) is 3.20. The number of nitrogens with one attached hydrogen (secondary N) is 2. The maximum Gasteiger partial charge on any atom is 0.246 e. The smallest absolute Gasteiger partial charge is 0.246 e. The van der Waals surface area contributed by atoms with Crippen molar-refractivity contribution in [2.75, 3.05) is 38.2 Å². The van der Waals surface area contributed by atoms with Gasteiger partial charge in [0.25, 0.3) is 0 Å². The van der Waals surface area contributed by atoms with Crippen molar-refractivity contribution >= 4 is 33.0 Å². The first-order valence-electron chi connectivity index (χ1n) is 8.37. The van der Waals surface area contributed by atoms with E-state index in [1.807, 2.05) is 17.5 Å². The number of nitrogens with zero attached hydrogens (tertiary/aromatic N) is 1. The zero-order chi connectivity index (χ0) is 19.3. The molecule has 7 nitrogen and oxygen atoms in total. The van der Waals surface area contributed by atoms with Crippen molar-refractivity contribution in [2.24, 2.45) is 0 Å². The van der Waals surface area contributed by atoms with Crippen molar-refractivity contribution in [1.29, 1.82) is 0 Å². The summed E-state index contributed by atoms with van der Waals surface area (Å²) in [5.41, 5.74) is 0.356.